The molecular weight excluding hydrogens is 617 g/mol. The fourth-order valence-corrected chi connectivity index (χ4v) is 9.35. The van der Waals surface area contributed by atoms with Crippen molar-refractivity contribution in [3.05, 3.63) is 124 Å². The van der Waals surface area contributed by atoms with Gasteiger partial charge >= 0.3 is 0 Å². The summed E-state index contributed by atoms with van der Waals surface area (Å²) in [5.74, 6) is 0.659. The van der Waals surface area contributed by atoms with Gasteiger partial charge < -0.3 is 19.1 Å². The highest BCUT2D eigenvalue weighted by molar-refractivity contribution is 6.89. The third-order valence-electron chi connectivity index (χ3n) is 10.00. The molecule has 0 saturated heterocycles. The number of aromatic nitrogens is 1. The van der Waals surface area contributed by atoms with Crippen molar-refractivity contribution < 1.29 is 24.2 Å². The van der Waals surface area contributed by atoms with Crippen molar-refractivity contribution in [3.8, 4) is 11.5 Å². The summed E-state index contributed by atoms with van der Waals surface area (Å²) in [7, 11) is 1.32. The first kappa shape index (κ1) is 31.9. The van der Waals surface area contributed by atoms with Crippen LogP contribution in [0.1, 0.15) is 74.0 Å². The third-order valence-corrected chi connectivity index (χ3v) is 12.0. The molecule has 0 aliphatic carbocycles. The maximum Gasteiger partial charge on any atom is 0.261 e. The second-order valence-corrected chi connectivity index (χ2v) is 19.5. The Bertz CT molecular complexity index is 2080. The van der Waals surface area contributed by atoms with Gasteiger partial charge in [-0.25, -0.2) is 0 Å². The summed E-state index contributed by atoms with van der Waals surface area (Å²) in [6.07, 6.45) is 0.511. The molecule has 4 aromatic carbocycles. The van der Waals surface area contributed by atoms with Gasteiger partial charge in [-0.3, -0.25) is 14.5 Å². The Morgan fingerprint density at radius 2 is 1.50 bits per heavy atom. The lowest BCUT2D eigenvalue weighted by molar-refractivity contribution is 0.0655. The Morgan fingerprint density at radius 1 is 0.854 bits per heavy atom. The molecule has 8 heteroatoms. The Hall–Kier alpha value is -4.66. The first-order valence-electron chi connectivity index (χ1n) is 16.5. The SMILES string of the molecule is COc1ccc(C2c3c(cc(C(C)(C)O)cc3[Si](C)(C)C)Cn3c2c(CCN2C(=O)c4ccccc4C2=O)c2ccccc23)cc1OC. The van der Waals surface area contributed by atoms with Crippen molar-refractivity contribution in [1.82, 2.24) is 9.47 Å². The molecule has 7 rings (SSSR count). The number of benzene rings is 4. The molecule has 1 atom stereocenters. The van der Waals surface area contributed by atoms with E-state index in [-0.39, 0.29) is 24.3 Å². The van der Waals surface area contributed by atoms with E-state index >= 15 is 0 Å². The number of nitrogens with zero attached hydrogens (tertiary/aromatic N) is 2. The van der Waals surface area contributed by atoms with E-state index in [9.17, 15) is 14.7 Å². The van der Waals surface area contributed by atoms with Gasteiger partial charge in [0.2, 0.25) is 0 Å². The standard InChI is InChI=1S/C40H42N2O5Si/c1-40(2,45)26-20-25-23-42-31-15-11-10-12-27(31)28(18-19-41-38(43)29-13-8-9-14-30(29)39(41)44)37(42)36(35(25)34(22-26)48(5,6)7)24-16-17-32(46-3)33(21-24)47-4/h8-17,20-22,36,45H,18-19,23H2,1-7H3. The smallest absolute Gasteiger partial charge is 0.261 e. The zero-order valence-corrected chi connectivity index (χ0v) is 29.7. The lowest BCUT2D eigenvalue weighted by Gasteiger charge is -2.37. The highest BCUT2D eigenvalue weighted by Gasteiger charge is 2.39. The summed E-state index contributed by atoms with van der Waals surface area (Å²) in [6, 6.07) is 26.1. The van der Waals surface area contributed by atoms with Gasteiger partial charge in [0.25, 0.3) is 11.8 Å². The van der Waals surface area contributed by atoms with Crippen LogP contribution < -0.4 is 14.7 Å². The topological polar surface area (TPSA) is 81.0 Å². The number of para-hydroxylation sites is 1. The average Bonchev–Trinajstić information content (AvgIpc) is 3.50. The van der Waals surface area contributed by atoms with Crippen LogP contribution in [-0.4, -0.2) is 55.2 Å². The molecule has 2 aliphatic rings. The van der Waals surface area contributed by atoms with Crippen molar-refractivity contribution in [2.45, 2.75) is 58.0 Å². The molecule has 1 aromatic heterocycles. The lowest BCUT2D eigenvalue weighted by Crippen LogP contribution is -2.44. The first-order valence-corrected chi connectivity index (χ1v) is 20.0. The predicted molar refractivity (Wildman–Crippen MR) is 192 cm³/mol. The Kier molecular flexibility index (Phi) is 7.64. The highest BCUT2D eigenvalue weighted by Crippen LogP contribution is 2.46. The van der Waals surface area contributed by atoms with Gasteiger partial charge in [-0.05, 0) is 78.4 Å². The summed E-state index contributed by atoms with van der Waals surface area (Å²) in [6.45, 7) is 11.7. The molecule has 48 heavy (non-hydrogen) atoms. The van der Waals surface area contributed by atoms with Crippen LogP contribution in [-0.2, 0) is 18.6 Å². The number of rotatable bonds is 8. The van der Waals surface area contributed by atoms with E-state index < -0.39 is 13.7 Å². The Labute approximate surface area is 282 Å². The molecule has 2 aliphatic heterocycles. The van der Waals surface area contributed by atoms with Crippen LogP contribution in [0.15, 0.2) is 78.9 Å². The second-order valence-electron chi connectivity index (χ2n) is 14.5. The van der Waals surface area contributed by atoms with E-state index in [1.165, 1.54) is 21.2 Å². The summed E-state index contributed by atoms with van der Waals surface area (Å²) < 4.78 is 13.9. The fourth-order valence-electron chi connectivity index (χ4n) is 7.65. The number of amides is 2. The van der Waals surface area contributed by atoms with Crippen LogP contribution in [0.3, 0.4) is 0 Å². The molecular formula is C40H42N2O5Si. The van der Waals surface area contributed by atoms with Crippen LogP contribution in [0.2, 0.25) is 19.6 Å². The molecule has 0 fully saturated rings. The van der Waals surface area contributed by atoms with Gasteiger partial charge in [-0.2, -0.15) is 0 Å². The molecule has 246 valence electrons. The zero-order chi connectivity index (χ0) is 34.1. The molecule has 0 radical (unpaired) electrons. The molecule has 0 spiro atoms. The number of methoxy groups -OCH3 is 2. The quantitative estimate of drug-likeness (QED) is 0.144. The predicted octanol–water partition coefficient (Wildman–Crippen LogP) is 6.81. The maximum atomic E-state index is 13.4. The number of carbonyl (C=O) groups excluding carboxylic acids is 2. The summed E-state index contributed by atoms with van der Waals surface area (Å²) in [4.78, 5) is 28.2. The number of hydrogen-bond donors (Lipinski definition) is 1. The van der Waals surface area contributed by atoms with Crippen molar-refractivity contribution in [2.24, 2.45) is 0 Å². The number of carbonyl (C=O) groups is 2. The van der Waals surface area contributed by atoms with Gasteiger partial charge in [0.1, 0.15) is 0 Å². The number of fused-ring (bicyclic) bond motifs is 5. The molecule has 0 bridgehead atoms. The van der Waals surface area contributed by atoms with Crippen LogP contribution in [0.4, 0.5) is 0 Å². The van der Waals surface area contributed by atoms with E-state index in [2.05, 4.69) is 72.7 Å². The summed E-state index contributed by atoms with van der Waals surface area (Å²) in [5.41, 5.74) is 7.74. The normalized spacial score (nSPS) is 15.8. The van der Waals surface area contributed by atoms with E-state index in [0.717, 1.165) is 33.3 Å². The monoisotopic (exact) mass is 658 g/mol. The Balaban J connectivity index is 1.47. The second kappa shape index (κ2) is 11.5. The van der Waals surface area contributed by atoms with Crippen LogP contribution in [0.25, 0.3) is 10.9 Å². The molecule has 5 aromatic rings. The van der Waals surface area contributed by atoms with Gasteiger partial charge in [0.05, 0.1) is 39.0 Å². The van der Waals surface area contributed by atoms with Gasteiger partial charge in [0, 0.05) is 35.6 Å². The lowest BCUT2D eigenvalue weighted by atomic mass is 9.79. The van der Waals surface area contributed by atoms with E-state index in [1.807, 2.05) is 19.9 Å². The summed E-state index contributed by atoms with van der Waals surface area (Å²) >= 11 is 0. The molecule has 1 N–H and O–H groups in total. The first-order chi connectivity index (χ1) is 22.8. The maximum absolute atomic E-state index is 13.4. The van der Waals surface area contributed by atoms with E-state index in [1.54, 1.807) is 38.5 Å². The minimum Gasteiger partial charge on any atom is -0.493 e. The van der Waals surface area contributed by atoms with Crippen LogP contribution >= 0.6 is 0 Å². The van der Waals surface area contributed by atoms with E-state index in [4.69, 9.17) is 9.47 Å². The minimum absolute atomic E-state index is 0.171. The van der Waals surface area contributed by atoms with Crippen molar-refractivity contribution in [3.63, 3.8) is 0 Å². The van der Waals surface area contributed by atoms with Crippen LogP contribution in [0, 0.1) is 0 Å². The molecule has 7 nitrogen and oxygen atoms in total. The minimum atomic E-state index is -1.98. The molecule has 0 saturated carbocycles. The van der Waals surface area contributed by atoms with Crippen LogP contribution in [0.5, 0.6) is 11.5 Å². The molecule has 1 unspecified atom stereocenters. The largest absolute Gasteiger partial charge is 0.493 e. The fraction of sp³-hybridized carbons (Fsp3) is 0.300. The van der Waals surface area contributed by atoms with Crippen molar-refractivity contribution in [2.75, 3.05) is 20.8 Å². The number of aliphatic hydroxyl groups is 1. The van der Waals surface area contributed by atoms with Gasteiger partial charge in [-0.15, -0.1) is 0 Å². The van der Waals surface area contributed by atoms with E-state index in [0.29, 0.717) is 35.6 Å². The van der Waals surface area contributed by atoms with Gasteiger partial charge in [-0.1, -0.05) is 73.4 Å². The third kappa shape index (κ3) is 5.06. The molecule has 3 heterocycles. The number of hydrogen-bond acceptors (Lipinski definition) is 5. The number of imide groups is 1. The molecule has 2 amide bonds. The Morgan fingerprint density at radius 3 is 2.12 bits per heavy atom. The highest BCUT2D eigenvalue weighted by atomic mass is 28.3. The zero-order valence-electron chi connectivity index (χ0n) is 28.7. The number of ether oxygens (including phenoxy) is 2. The van der Waals surface area contributed by atoms with Gasteiger partial charge in [0.15, 0.2) is 11.5 Å². The summed E-state index contributed by atoms with van der Waals surface area (Å²) in [5, 5.41) is 13.7. The average molecular weight is 659 g/mol. The van der Waals surface area contributed by atoms with Crippen molar-refractivity contribution in [1.29, 1.82) is 0 Å². The van der Waals surface area contributed by atoms with Crippen molar-refractivity contribution >= 4 is 36.0 Å².